The summed E-state index contributed by atoms with van der Waals surface area (Å²) in [5, 5.41) is 21.4. The van der Waals surface area contributed by atoms with E-state index >= 15 is 0 Å². The Bertz CT molecular complexity index is 492. The van der Waals surface area contributed by atoms with E-state index in [0.29, 0.717) is 19.3 Å². The Balaban J connectivity index is 2.39. The van der Waals surface area contributed by atoms with Crippen LogP contribution >= 0.6 is 0 Å². The summed E-state index contributed by atoms with van der Waals surface area (Å²) in [6.45, 7) is 9.80. The van der Waals surface area contributed by atoms with Crippen LogP contribution < -0.4 is 0 Å². The second-order valence-corrected chi connectivity index (χ2v) is 8.87. The third kappa shape index (κ3) is 4.47. The van der Waals surface area contributed by atoms with Crippen molar-refractivity contribution in [3.8, 4) is 0 Å². The molecule has 24 heavy (non-hydrogen) atoms. The molecule has 2 aliphatic rings. The number of ether oxygens (including phenoxy) is 1. The highest BCUT2D eigenvalue weighted by Crippen LogP contribution is 2.43. The van der Waals surface area contributed by atoms with E-state index in [2.05, 4.69) is 20.8 Å². The molecule has 4 heteroatoms. The van der Waals surface area contributed by atoms with Crippen molar-refractivity contribution in [2.75, 3.05) is 0 Å². The Morgan fingerprint density at radius 2 is 1.83 bits per heavy atom. The number of rotatable bonds is 1. The first-order chi connectivity index (χ1) is 11.0. The molecule has 2 rings (SSSR count). The van der Waals surface area contributed by atoms with Gasteiger partial charge < -0.3 is 14.9 Å². The van der Waals surface area contributed by atoms with Gasteiger partial charge in [-0.2, -0.15) is 0 Å². The van der Waals surface area contributed by atoms with Gasteiger partial charge in [-0.15, -0.1) is 0 Å². The molecule has 2 heterocycles. The molecule has 4 nitrogen and oxygen atoms in total. The van der Waals surface area contributed by atoms with Gasteiger partial charge in [-0.05, 0) is 51.4 Å². The predicted molar refractivity (Wildman–Crippen MR) is 94.7 cm³/mol. The van der Waals surface area contributed by atoms with Crippen LogP contribution in [0.15, 0.2) is 12.2 Å². The van der Waals surface area contributed by atoms with Crippen LogP contribution in [0.1, 0.15) is 73.1 Å². The Morgan fingerprint density at radius 1 is 1.17 bits per heavy atom. The number of hydrogen-bond acceptors (Lipinski definition) is 4. The second-order valence-electron chi connectivity index (χ2n) is 8.87. The maximum absolute atomic E-state index is 12.2. The highest BCUT2D eigenvalue weighted by molar-refractivity contribution is 5.79. The van der Waals surface area contributed by atoms with Crippen molar-refractivity contribution < 1.29 is 19.7 Å². The maximum Gasteiger partial charge on any atom is 0.136 e. The van der Waals surface area contributed by atoms with Crippen LogP contribution in [-0.2, 0) is 9.53 Å². The standard InChI is InChI=1S/C20H34O4/c1-14(2)20-10-8-18(4,22)13-16(21)12-15(3)6-7-17(24-20)19(5,23)9-11-20/h8,10,14-15,17,22-23H,6-7,9,11-13H2,1-5H3/t15-,17-,18-,19+,20-/m0/s1. The summed E-state index contributed by atoms with van der Waals surface area (Å²) in [5.41, 5.74) is -2.50. The number of aliphatic hydroxyl groups is 2. The second kappa shape index (κ2) is 6.89. The average Bonchev–Trinajstić information content (AvgIpc) is 2.43. The summed E-state index contributed by atoms with van der Waals surface area (Å²) in [5.74, 6) is 0.542. The molecule has 0 aromatic rings. The first-order valence-corrected chi connectivity index (χ1v) is 9.30. The normalized spacial score (nSPS) is 44.9. The molecule has 2 bridgehead atoms. The lowest BCUT2D eigenvalue weighted by Gasteiger charge is -2.49. The molecule has 0 aromatic heterocycles. The van der Waals surface area contributed by atoms with E-state index in [1.165, 1.54) is 0 Å². The quantitative estimate of drug-likeness (QED) is 0.719. The van der Waals surface area contributed by atoms with Crippen LogP contribution in [0, 0.1) is 11.8 Å². The molecular weight excluding hydrogens is 304 g/mol. The van der Waals surface area contributed by atoms with Gasteiger partial charge in [0.05, 0.1) is 22.9 Å². The lowest BCUT2D eigenvalue weighted by molar-refractivity contribution is -0.212. The van der Waals surface area contributed by atoms with Gasteiger partial charge in [-0.25, -0.2) is 0 Å². The summed E-state index contributed by atoms with van der Waals surface area (Å²) in [4.78, 5) is 12.2. The van der Waals surface area contributed by atoms with Crippen molar-refractivity contribution in [1.82, 2.24) is 0 Å². The van der Waals surface area contributed by atoms with Gasteiger partial charge in [0.15, 0.2) is 0 Å². The molecule has 2 aliphatic heterocycles. The molecule has 0 spiro atoms. The highest BCUT2D eigenvalue weighted by atomic mass is 16.5. The summed E-state index contributed by atoms with van der Waals surface area (Å²) in [6.07, 6.45) is 7.01. The van der Waals surface area contributed by atoms with E-state index in [9.17, 15) is 15.0 Å². The number of ketones is 1. The van der Waals surface area contributed by atoms with Crippen LogP contribution in [0.2, 0.25) is 0 Å². The Kier molecular flexibility index (Phi) is 5.63. The summed E-state index contributed by atoms with van der Waals surface area (Å²) in [6, 6.07) is 0. The summed E-state index contributed by atoms with van der Waals surface area (Å²) in [7, 11) is 0. The topological polar surface area (TPSA) is 66.8 Å². The van der Waals surface area contributed by atoms with Gasteiger partial charge in [0, 0.05) is 12.8 Å². The molecule has 0 radical (unpaired) electrons. The minimum atomic E-state index is -1.16. The summed E-state index contributed by atoms with van der Waals surface area (Å²) < 4.78 is 6.46. The van der Waals surface area contributed by atoms with Crippen LogP contribution in [0.5, 0.6) is 0 Å². The smallest absolute Gasteiger partial charge is 0.136 e. The molecule has 0 aromatic carbocycles. The van der Waals surface area contributed by atoms with Crippen LogP contribution in [-0.4, -0.2) is 38.9 Å². The third-order valence-corrected chi connectivity index (χ3v) is 5.83. The van der Waals surface area contributed by atoms with E-state index in [0.717, 1.165) is 12.8 Å². The maximum atomic E-state index is 12.2. The molecule has 0 aliphatic carbocycles. The Labute approximate surface area is 146 Å². The molecule has 138 valence electrons. The van der Waals surface area contributed by atoms with Gasteiger partial charge in [0.25, 0.3) is 0 Å². The number of carbonyl (C=O) groups is 1. The van der Waals surface area contributed by atoms with E-state index in [1.807, 2.05) is 13.0 Å². The van der Waals surface area contributed by atoms with E-state index < -0.39 is 16.8 Å². The van der Waals surface area contributed by atoms with Crippen molar-refractivity contribution in [2.45, 2.75) is 96.1 Å². The molecule has 0 saturated carbocycles. The Hall–Kier alpha value is -0.710. The molecule has 1 saturated heterocycles. The molecule has 1 fully saturated rings. The average molecular weight is 338 g/mol. The van der Waals surface area contributed by atoms with Crippen LogP contribution in [0.4, 0.5) is 0 Å². The monoisotopic (exact) mass is 338 g/mol. The first kappa shape index (κ1) is 19.6. The van der Waals surface area contributed by atoms with Crippen molar-refractivity contribution in [3.05, 3.63) is 12.2 Å². The fourth-order valence-electron chi connectivity index (χ4n) is 3.95. The van der Waals surface area contributed by atoms with Gasteiger partial charge in [0.2, 0.25) is 0 Å². The minimum absolute atomic E-state index is 0.0918. The molecule has 0 unspecified atom stereocenters. The van der Waals surface area contributed by atoms with Gasteiger partial charge >= 0.3 is 0 Å². The molecular formula is C20H34O4. The predicted octanol–water partition coefficient (Wildman–Crippen LogP) is 3.40. The Morgan fingerprint density at radius 3 is 2.46 bits per heavy atom. The van der Waals surface area contributed by atoms with Gasteiger partial charge in [-0.1, -0.05) is 32.9 Å². The third-order valence-electron chi connectivity index (χ3n) is 5.83. The van der Waals surface area contributed by atoms with Crippen molar-refractivity contribution in [1.29, 1.82) is 0 Å². The minimum Gasteiger partial charge on any atom is -0.387 e. The van der Waals surface area contributed by atoms with Crippen molar-refractivity contribution in [3.63, 3.8) is 0 Å². The molecule has 5 atom stereocenters. The zero-order chi connectivity index (χ0) is 18.2. The first-order valence-electron chi connectivity index (χ1n) is 9.30. The fourth-order valence-corrected chi connectivity index (χ4v) is 3.95. The van der Waals surface area contributed by atoms with Gasteiger partial charge in [-0.3, -0.25) is 4.79 Å². The van der Waals surface area contributed by atoms with Crippen molar-refractivity contribution >= 4 is 5.78 Å². The molecule has 0 amide bonds. The highest BCUT2D eigenvalue weighted by Gasteiger charge is 2.47. The zero-order valence-corrected chi connectivity index (χ0v) is 15.8. The van der Waals surface area contributed by atoms with Crippen molar-refractivity contribution in [2.24, 2.45) is 11.8 Å². The number of fused-ring (bicyclic) bond motifs is 2. The number of carbonyl (C=O) groups excluding carboxylic acids is 1. The zero-order valence-electron chi connectivity index (χ0n) is 15.8. The fraction of sp³-hybridized carbons (Fsp3) is 0.850. The van der Waals surface area contributed by atoms with E-state index in [-0.39, 0.29) is 30.1 Å². The summed E-state index contributed by atoms with van der Waals surface area (Å²) >= 11 is 0. The van der Waals surface area contributed by atoms with E-state index in [4.69, 9.17) is 4.74 Å². The van der Waals surface area contributed by atoms with Gasteiger partial charge in [0.1, 0.15) is 5.78 Å². The SMILES string of the molecule is CC(C)[C@@]12C=C[C@](C)(O)CC(=O)C[C@@H](C)CC[C@H](O1)[C@](C)(O)CC2. The lowest BCUT2D eigenvalue weighted by Crippen LogP contribution is -2.55. The lowest BCUT2D eigenvalue weighted by atomic mass is 9.74. The number of hydrogen-bond donors (Lipinski definition) is 2. The number of Topliss-reactive ketones (excluding diaryl/α,β-unsaturated/α-hetero) is 1. The van der Waals surface area contributed by atoms with Crippen LogP contribution in [0.3, 0.4) is 0 Å². The van der Waals surface area contributed by atoms with E-state index in [1.54, 1.807) is 13.0 Å². The van der Waals surface area contributed by atoms with Crippen LogP contribution in [0.25, 0.3) is 0 Å². The largest absolute Gasteiger partial charge is 0.387 e. The molecule has 2 N–H and O–H groups in total.